The molecule has 0 bridgehead atoms. The van der Waals surface area contributed by atoms with Crippen molar-refractivity contribution in [2.45, 2.75) is 13.8 Å². The Balaban J connectivity index is 2.25. The van der Waals surface area contributed by atoms with E-state index in [2.05, 4.69) is 10.3 Å². The molecule has 6 nitrogen and oxygen atoms in total. The third-order valence-electron chi connectivity index (χ3n) is 2.92. The number of oxime groups is 1. The molecule has 0 saturated heterocycles. The second kappa shape index (κ2) is 5.01. The first kappa shape index (κ1) is 12.9. The van der Waals surface area contributed by atoms with E-state index in [4.69, 9.17) is 15.7 Å². The van der Waals surface area contributed by atoms with Crippen LogP contribution < -0.4 is 10.5 Å². The van der Waals surface area contributed by atoms with Crippen LogP contribution >= 0.6 is 0 Å². The molecule has 1 aromatic carbocycles. The molecular weight excluding hydrogens is 244 g/mol. The van der Waals surface area contributed by atoms with Crippen molar-refractivity contribution in [1.82, 2.24) is 9.78 Å². The lowest BCUT2D eigenvalue weighted by molar-refractivity contribution is 0.318. The van der Waals surface area contributed by atoms with Gasteiger partial charge in [0.2, 0.25) is 0 Å². The van der Waals surface area contributed by atoms with Gasteiger partial charge in [0.25, 0.3) is 0 Å². The lowest BCUT2D eigenvalue weighted by Gasteiger charge is -2.06. The molecule has 2 aromatic rings. The van der Waals surface area contributed by atoms with E-state index < -0.39 is 0 Å². The van der Waals surface area contributed by atoms with Crippen molar-refractivity contribution < 1.29 is 9.94 Å². The highest BCUT2D eigenvalue weighted by Gasteiger charge is 2.11. The number of hydrogen-bond acceptors (Lipinski definition) is 4. The fourth-order valence-electron chi connectivity index (χ4n) is 1.77. The van der Waals surface area contributed by atoms with Crippen molar-refractivity contribution in [1.29, 1.82) is 0 Å². The molecule has 0 radical (unpaired) electrons. The molecule has 1 heterocycles. The highest BCUT2D eigenvalue weighted by Crippen LogP contribution is 2.27. The fourth-order valence-corrected chi connectivity index (χ4v) is 1.77. The average molecular weight is 260 g/mol. The van der Waals surface area contributed by atoms with Gasteiger partial charge in [0.05, 0.1) is 5.69 Å². The zero-order chi connectivity index (χ0) is 14.0. The predicted octanol–water partition coefficient (Wildman–Crippen LogP) is 1.92. The minimum atomic E-state index is 0.0697. The topological polar surface area (TPSA) is 85.7 Å². The van der Waals surface area contributed by atoms with Gasteiger partial charge in [-0.2, -0.15) is 5.10 Å². The molecule has 0 aliphatic rings. The summed E-state index contributed by atoms with van der Waals surface area (Å²) in [5.41, 5.74) is 7.92. The van der Waals surface area contributed by atoms with Crippen molar-refractivity contribution in [3.8, 4) is 11.5 Å². The molecule has 0 spiro atoms. The third-order valence-corrected chi connectivity index (χ3v) is 2.92. The third kappa shape index (κ3) is 2.52. The van der Waals surface area contributed by atoms with Crippen LogP contribution in [-0.2, 0) is 7.05 Å². The normalized spacial score (nSPS) is 11.6. The molecule has 0 atom stereocenters. The summed E-state index contributed by atoms with van der Waals surface area (Å²) < 4.78 is 7.58. The monoisotopic (exact) mass is 260 g/mol. The molecule has 3 N–H and O–H groups in total. The minimum absolute atomic E-state index is 0.0697. The Morgan fingerprint density at radius 1 is 1.32 bits per heavy atom. The van der Waals surface area contributed by atoms with Crippen LogP contribution in [0.1, 0.15) is 17.0 Å². The van der Waals surface area contributed by atoms with Gasteiger partial charge in [-0.05, 0) is 38.1 Å². The van der Waals surface area contributed by atoms with Crippen LogP contribution in [0.2, 0.25) is 0 Å². The van der Waals surface area contributed by atoms with Crippen LogP contribution in [0.5, 0.6) is 11.5 Å². The molecular formula is C13H16N4O2. The summed E-state index contributed by atoms with van der Waals surface area (Å²) in [6.07, 6.45) is 0. The standard InChI is InChI=1S/C13H16N4O2/c1-8-12(9(2)17(3)15-8)19-11-6-4-10(5-7-11)13(14)16-18/h4-7,18H,1-3H3,(H2,14,16). The van der Waals surface area contributed by atoms with Gasteiger partial charge in [0, 0.05) is 12.6 Å². The number of nitrogens with two attached hydrogens (primary N) is 1. The Morgan fingerprint density at radius 3 is 2.42 bits per heavy atom. The first-order chi connectivity index (χ1) is 9.02. The van der Waals surface area contributed by atoms with Gasteiger partial charge >= 0.3 is 0 Å². The first-order valence-corrected chi connectivity index (χ1v) is 5.79. The number of aryl methyl sites for hydroxylation is 2. The van der Waals surface area contributed by atoms with Gasteiger partial charge in [-0.25, -0.2) is 0 Å². The average Bonchev–Trinajstić information content (AvgIpc) is 2.65. The first-order valence-electron chi connectivity index (χ1n) is 5.79. The van der Waals surface area contributed by atoms with E-state index >= 15 is 0 Å². The van der Waals surface area contributed by atoms with Crippen LogP contribution in [0.25, 0.3) is 0 Å². The zero-order valence-electron chi connectivity index (χ0n) is 11.1. The summed E-state index contributed by atoms with van der Waals surface area (Å²) in [4.78, 5) is 0. The zero-order valence-corrected chi connectivity index (χ0v) is 11.1. The maximum absolute atomic E-state index is 8.59. The van der Waals surface area contributed by atoms with Gasteiger partial charge in [0.1, 0.15) is 11.4 Å². The fraction of sp³-hybridized carbons (Fsp3) is 0.231. The van der Waals surface area contributed by atoms with Crippen LogP contribution in [0.15, 0.2) is 29.4 Å². The Labute approximate surface area is 111 Å². The molecule has 100 valence electrons. The smallest absolute Gasteiger partial charge is 0.171 e. The Hall–Kier alpha value is -2.50. The van der Waals surface area contributed by atoms with Crippen molar-refractivity contribution in [2.75, 3.05) is 0 Å². The quantitative estimate of drug-likeness (QED) is 0.382. The van der Waals surface area contributed by atoms with Crippen LogP contribution in [0.3, 0.4) is 0 Å². The minimum Gasteiger partial charge on any atom is -0.453 e. The van der Waals surface area contributed by atoms with Gasteiger partial charge < -0.3 is 15.7 Å². The van der Waals surface area contributed by atoms with E-state index in [9.17, 15) is 0 Å². The van der Waals surface area contributed by atoms with Gasteiger partial charge in [0.15, 0.2) is 11.6 Å². The van der Waals surface area contributed by atoms with Gasteiger partial charge in [-0.3, -0.25) is 4.68 Å². The largest absolute Gasteiger partial charge is 0.453 e. The van der Waals surface area contributed by atoms with Crippen molar-refractivity contribution in [2.24, 2.45) is 17.9 Å². The van der Waals surface area contributed by atoms with E-state index in [0.717, 1.165) is 17.1 Å². The maximum Gasteiger partial charge on any atom is 0.171 e. The lowest BCUT2D eigenvalue weighted by atomic mass is 10.2. The number of ether oxygens (including phenoxy) is 1. The molecule has 0 aliphatic heterocycles. The number of nitrogens with zero attached hydrogens (tertiary/aromatic N) is 3. The van der Waals surface area contributed by atoms with Crippen molar-refractivity contribution in [3.05, 3.63) is 41.2 Å². The number of benzene rings is 1. The summed E-state index contributed by atoms with van der Waals surface area (Å²) >= 11 is 0. The summed E-state index contributed by atoms with van der Waals surface area (Å²) in [6, 6.07) is 6.98. The molecule has 0 unspecified atom stereocenters. The van der Waals surface area contributed by atoms with E-state index in [-0.39, 0.29) is 5.84 Å². The predicted molar refractivity (Wildman–Crippen MR) is 71.7 cm³/mol. The maximum atomic E-state index is 8.59. The Morgan fingerprint density at radius 2 is 1.95 bits per heavy atom. The molecule has 6 heteroatoms. The van der Waals surface area contributed by atoms with Crippen LogP contribution in [0, 0.1) is 13.8 Å². The lowest BCUT2D eigenvalue weighted by Crippen LogP contribution is -2.12. The second-order valence-electron chi connectivity index (χ2n) is 4.24. The number of amidine groups is 1. The number of hydrogen-bond donors (Lipinski definition) is 2. The molecule has 0 saturated carbocycles. The number of aromatic nitrogens is 2. The SMILES string of the molecule is Cc1nn(C)c(C)c1Oc1ccc(C(N)=NO)cc1. The van der Waals surface area contributed by atoms with Gasteiger partial charge in [-0.15, -0.1) is 0 Å². The van der Waals surface area contributed by atoms with Crippen molar-refractivity contribution in [3.63, 3.8) is 0 Å². The number of rotatable bonds is 3. The summed E-state index contributed by atoms with van der Waals surface area (Å²) in [5, 5.41) is 15.8. The summed E-state index contributed by atoms with van der Waals surface area (Å²) in [6.45, 7) is 3.84. The molecule has 0 fully saturated rings. The van der Waals surface area contributed by atoms with E-state index in [1.807, 2.05) is 20.9 Å². The van der Waals surface area contributed by atoms with E-state index in [1.165, 1.54) is 0 Å². The summed E-state index contributed by atoms with van der Waals surface area (Å²) in [5.74, 6) is 1.49. The Bertz CT molecular complexity index is 614. The molecule has 1 aromatic heterocycles. The highest BCUT2D eigenvalue weighted by atomic mass is 16.5. The molecule has 2 rings (SSSR count). The van der Waals surface area contributed by atoms with Crippen LogP contribution in [-0.4, -0.2) is 20.8 Å². The Kier molecular flexibility index (Phi) is 3.41. The molecule has 0 amide bonds. The highest BCUT2D eigenvalue weighted by molar-refractivity contribution is 5.97. The molecule has 0 aliphatic carbocycles. The second-order valence-corrected chi connectivity index (χ2v) is 4.24. The van der Waals surface area contributed by atoms with Crippen molar-refractivity contribution >= 4 is 5.84 Å². The molecule has 19 heavy (non-hydrogen) atoms. The summed E-state index contributed by atoms with van der Waals surface area (Å²) in [7, 11) is 1.87. The van der Waals surface area contributed by atoms with E-state index in [1.54, 1.807) is 28.9 Å². The van der Waals surface area contributed by atoms with Crippen LogP contribution in [0.4, 0.5) is 0 Å². The van der Waals surface area contributed by atoms with E-state index in [0.29, 0.717) is 11.3 Å². The van der Waals surface area contributed by atoms with Gasteiger partial charge in [-0.1, -0.05) is 5.16 Å².